The standard InChI is InChI=1S/C24H28N2/c1-2-7-18(8-3-1)23-16-25-24-15-21(12-13-22(23)24)26-20-11-10-17-6-4-5-9-19(17)14-20/h10-16,18,25-26H,1-9H2. The molecule has 134 valence electrons. The first-order valence-electron chi connectivity index (χ1n) is 10.4. The van der Waals surface area contributed by atoms with Gasteiger partial charge in [0, 0.05) is 28.5 Å². The van der Waals surface area contributed by atoms with Gasteiger partial charge in [-0.1, -0.05) is 31.4 Å². The van der Waals surface area contributed by atoms with E-state index in [1.807, 2.05) is 0 Å². The molecular formula is C24H28N2. The summed E-state index contributed by atoms with van der Waals surface area (Å²) < 4.78 is 0. The van der Waals surface area contributed by atoms with Crippen molar-refractivity contribution in [1.29, 1.82) is 0 Å². The second kappa shape index (κ2) is 6.83. The third-order valence-electron chi connectivity index (χ3n) is 6.40. The van der Waals surface area contributed by atoms with Crippen LogP contribution in [0.2, 0.25) is 0 Å². The zero-order chi connectivity index (χ0) is 17.3. The molecule has 0 amide bonds. The van der Waals surface area contributed by atoms with E-state index in [0.717, 1.165) is 5.92 Å². The highest BCUT2D eigenvalue weighted by atomic mass is 14.9. The second-order valence-corrected chi connectivity index (χ2v) is 8.15. The van der Waals surface area contributed by atoms with Gasteiger partial charge < -0.3 is 10.3 Å². The summed E-state index contributed by atoms with van der Waals surface area (Å²) in [6, 6.07) is 13.7. The van der Waals surface area contributed by atoms with Crippen molar-refractivity contribution >= 4 is 22.3 Å². The first-order valence-corrected chi connectivity index (χ1v) is 10.4. The van der Waals surface area contributed by atoms with E-state index in [4.69, 9.17) is 0 Å². The number of aromatic amines is 1. The van der Waals surface area contributed by atoms with Gasteiger partial charge in [0.15, 0.2) is 0 Å². The third-order valence-corrected chi connectivity index (χ3v) is 6.40. The van der Waals surface area contributed by atoms with E-state index in [1.54, 1.807) is 5.56 Å². The van der Waals surface area contributed by atoms with Crippen molar-refractivity contribution in [3.63, 3.8) is 0 Å². The molecule has 2 N–H and O–H groups in total. The topological polar surface area (TPSA) is 27.8 Å². The van der Waals surface area contributed by atoms with E-state index in [1.165, 1.54) is 91.2 Å². The number of hydrogen-bond acceptors (Lipinski definition) is 1. The van der Waals surface area contributed by atoms with E-state index in [0.29, 0.717) is 0 Å². The maximum Gasteiger partial charge on any atom is 0.0477 e. The number of hydrogen-bond donors (Lipinski definition) is 2. The monoisotopic (exact) mass is 344 g/mol. The molecule has 2 aliphatic carbocycles. The van der Waals surface area contributed by atoms with Crippen LogP contribution in [0.3, 0.4) is 0 Å². The van der Waals surface area contributed by atoms with Gasteiger partial charge in [0.25, 0.3) is 0 Å². The molecule has 26 heavy (non-hydrogen) atoms. The number of fused-ring (bicyclic) bond motifs is 2. The molecule has 0 saturated heterocycles. The quantitative estimate of drug-likeness (QED) is 0.535. The third kappa shape index (κ3) is 3.02. The summed E-state index contributed by atoms with van der Waals surface area (Å²) in [6.45, 7) is 0. The van der Waals surface area contributed by atoms with Crippen LogP contribution in [0.5, 0.6) is 0 Å². The molecule has 2 aromatic carbocycles. The van der Waals surface area contributed by atoms with Gasteiger partial charge in [0.2, 0.25) is 0 Å². The van der Waals surface area contributed by atoms with Crippen molar-refractivity contribution in [2.24, 2.45) is 0 Å². The zero-order valence-corrected chi connectivity index (χ0v) is 15.5. The number of H-pyrrole nitrogens is 1. The maximum atomic E-state index is 3.61. The van der Waals surface area contributed by atoms with Crippen molar-refractivity contribution < 1.29 is 0 Å². The summed E-state index contributed by atoms with van der Waals surface area (Å²) in [5.41, 5.74) is 8.24. The minimum absolute atomic E-state index is 0.747. The van der Waals surface area contributed by atoms with E-state index in [-0.39, 0.29) is 0 Å². The molecule has 1 saturated carbocycles. The van der Waals surface area contributed by atoms with Gasteiger partial charge >= 0.3 is 0 Å². The van der Waals surface area contributed by atoms with Crippen molar-refractivity contribution in [1.82, 2.24) is 4.98 Å². The average Bonchev–Trinajstić information content (AvgIpc) is 3.12. The SMILES string of the molecule is c1cc2c(cc1Nc1ccc3c(C4CCCCC4)c[nH]c3c1)CCCC2. The Labute approximate surface area is 156 Å². The molecular weight excluding hydrogens is 316 g/mol. The van der Waals surface area contributed by atoms with Gasteiger partial charge in [-0.3, -0.25) is 0 Å². The number of nitrogens with one attached hydrogen (secondary N) is 2. The predicted octanol–water partition coefficient (Wildman–Crippen LogP) is 6.84. The number of benzene rings is 2. The molecule has 2 nitrogen and oxygen atoms in total. The Hall–Kier alpha value is -2.22. The Balaban J connectivity index is 1.40. The van der Waals surface area contributed by atoms with E-state index in [2.05, 4.69) is 52.9 Å². The fraction of sp³-hybridized carbons (Fsp3) is 0.417. The normalized spacial score (nSPS) is 18.0. The highest BCUT2D eigenvalue weighted by molar-refractivity contribution is 5.87. The summed E-state index contributed by atoms with van der Waals surface area (Å²) >= 11 is 0. The number of aryl methyl sites for hydroxylation is 2. The Morgan fingerprint density at radius 2 is 1.54 bits per heavy atom. The van der Waals surface area contributed by atoms with Crippen LogP contribution in [0, 0.1) is 0 Å². The van der Waals surface area contributed by atoms with Crippen LogP contribution >= 0.6 is 0 Å². The summed E-state index contributed by atoms with van der Waals surface area (Å²) in [5.74, 6) is 0.747. The van der Waals surface area contributed by atoms with Crippen molar-refractivity contribution in [3.8, 4) is 0 Å². The number of aromatic nitrogens is 1. The van der Waals surface area contributed by atoms with Gasteiger partial charge in [0.05, 0.1) is 0 Å². The Morgan fingerprint density at radius 1 is 0.769 bits per heavy atom. The number of rotatable bonds is 3. The van der Waals surface area contributed by atoms with Crippen LogP contribution in [0.15, 0.2) is 42.6 Å². The molecule has 0 unspecified atom stereocenters. The lowest BCUT2D eigenvalue weighted by Crippen LogP contribution is -2.03. The summed E-state index contributed by atoms with van der Waals surface area (Å²) in [4.78, 5) is 3.52. The van der Waals surface area contributed by atoms with Crippen molar-refractivity contribution in [2.75, 3.05) is 5.32 Å². The molecule has 1 fully saturated rings. The molecule has 0 bridgehead atoms. The first-order chi connectivity index (χ1) is 12.9. The van der Waals surface area contributed by atoms with Crippen LogP contribution in [0.1, 0.15) is 67.6 Å². The Kier molecular flexibility index (Phi) is 4.20. The summed E-state index contributed by atoms with van der Waals surface area (Å²) in [6.07, 6.45) is 14.3. The van der Waals surface area contributed by atoms with Crippen molar-refractivity contribution in [2.45, 2.75) is 63.7 Å². The lowest BCUT2D eigenvalue weighted by atomic mass is 9.84. The van der Waals surface area contributed by atoms with Gasteiger partial charge in [-0.2, -0.15) is 0 Å². The summed E-state index contributed by atoms with van der Waals surface area (Å²) in [7, 11) is 0. The summed E-state index contributed by atoms with van der Waals surface area (Å²) in [5, 5.41) is 5.03. The second-order valence-electron chi connectivity index (χ2n) is 8.15. The molecule has 0 spiro atoms. The van der Waals surface area contributed by atoms with Crippen LogP contribution in [-0.4, -0.2) is 4.98 Å². The van der Waals surface area contributed by atoms with Crippen LogP contribution in [-0.2, 0) is 12.8 Å². The smallest absolute Gasteiger partial charge is 0.0477 e. The molecule has 2 heteroatoms. The molecule has 1 heterocycles. The van der Waals surface area contributed by atoms with E-state index < -0.39 is 0 Å². The molecule has 1 aromatic heterocycles. The Morgan fingerprint density at radius 3 is 2.42 bits per heavy atom. The maximum absolute atomic E-state index is 3.61. The first kappa shape index (κ1) is 16.0. The predicted molar refractivity (Wildman–Crippen MR) is 110 cm³/mol. The van der Waals surface area contributed by atoms with Crippen LogP contribution < -0.4 is 5.32 Å². The van der Waals surface area contributed by atoms with Gasteiger partial charge in [-0.15, -0.1) is 0 Å². The zero-order valence-electron chi connectivity index (χ0n) is 15.5. The van der Waals surface area contributed by atoms with Gasteiger partial charge in [-0.25, -0.2) is 0 Å². The molecule has 0 radical (unpaired) electrons. The lowest BCUT2D eigenvalue weighted by molar-refractivity contribution is 0.445. The fourth-order valence-corrected chi connectivity index (χ4v) is 4.96. The van der Waals surface area contributed by atoms with E-state index in [9.17, 15) is 0 Å². The average molecular weight is 345 g/mol. The van der Waals surface area contributed by atoms with Crippen molar-refractivity contribution in [3.05, 3.63) is 59.3 Å². The van der Waals surface area contributed by atoms with Gasteiger partial charge in [0.1, 0.15) is 0 Å². The molecule has 3 aromatic rings. The molecule has 0 aliphatic heterocycles. The minimum Gasteiger partial charge on any atom is -0.361 e. The highest BCUT2D eigenvalue weighted by Crippen LogP contribution is 2.37. The van der Waals surface area contributed by atoms with Crippen LogP contribution in [0.4, 0.5) is 11.4 Å². The largest absolute Gasteiger partial charge is 0.361 e. The van der Waals surface area contributed by atoms with Crippen LogP contribution in [0.25, 0.3) is 10.9 Å². The number of anilines is 2. The fourth-order valence-electron chi connectivity index (χ4n) is 4.96. The lowest BCUT2D eigenvalue weighted by Gasteiger charge is -2.21. The minimum atomic E-state index is 0.747. The highest BCUT2D eigenvalue weighted by Gasteiger charge is 2.18. The van der Waals surface area contributed by atoms with Gasteiger partial charge in [-0.05, 0) is 85.4 Å². The Bertz CT molecular complexity index is 915. The molecule has 2 aliphatic rings. The van der Waals surface area contributed by atoms with E-state index >= 15 is 0 Å². The molecule has 0 atom stereocenters. The molecule has 5 rings (SSSR count).